The van der Waals surface area contributed by atoms with Gasteiger partial charge >= 0.3 is 0 Å². The summed E-state index contributed by atoms with van der Waals surface area (Å²) < 4.78 is 21.9. The molecule has 18 heavy (non-hydrogen) atoms. The van der Waals surface area contributed by atoms with Crippen LogP contribution in [0.5, 0.6) is 23.0 Å². The zero-order valence-electron chi connectivity index (χ0n) is 11.2. The van der Waals surface area contributed by atoms with E-state index in [-0.39, 0.29) is 6.04 Å². The van der Waals surface area contributed by atoms with Gasteiger partial charge in [-0.05, 0) is 7.05 Å². The van der Waals surface area contributed by atoms with Crippen molar-refractivity contribution in [3.05, 3.63) is 11.6 Å². The molecular weight excluding hydrogens is 234 g/mol. The third-order valence-corrected chi connectivity index (χ3v) is 3.19. The summed E-state index contributed by atoms with van der Waals surface area (Å²) in [6, 6.07) is 2.05. The Kier molecular flexibility index (Phi) is 3.81. The zero-order valence-corrected chi connectivity index (χ0v) is 11.2. The van der Waals surface area contributed by atoms with Gasteiger partial charge in [0.25, 0.3) is 0 Å². The number of ether oxygens (including phenoxy) is 4. The summed E-state index contributed by atoms with van der Waals surface area (Å²) >= 11 is 0. The first-order valence-corrected chi connectivity index (χ1v) is 5.89. The maximum absolute atomic E-state index is 5.68. The van der Waals surface area contributed by atoms with E-state index in [9.17, 15) is 0 Å². The lowest BCUT2D eigenvalue weighted by atomic mass is 9.98. The molecule has 5 heteroatoms. The summed E-state index contributed by atoms with van der Waals surface area (Å²) in [5, 5.41) is 3.27. The zero-order chi connectivity index (χ0) is 13.1. The van der Waals surface area contributed by atoms with E-state index in [0.29, 0.717) is 23.9 Å². The topological polar surface area (TPSA) is 49.0 Å². The summed E-state index contributed by atoms with van der Waals surface area (Å²) in [5.74, 6) is 2.68. The Morgan fingerprint density at radius 1 is 1.17 bits per heavy atom. The van der Waals surface area contributed by atoms with Gasteiger partial charge in [-0.3, -0.25) is 0 Å². The van der Waals surface area contributed by atoms with Crippen LogP contribution >= 0.6 is 0 Å². The van der Waals surface area contributed by atoms with Crippen molar-refractivity contribution >= 4 is 0 Å². The molecule has 1 aliphatic heterocycles. The van der Waals surface area contributed by atoms with E-state index in [1.165, 1.54) is 0 Å². The van der Waals surface area contributed by atoms with E-state index in [1.54, 1.807) is 21.3 Å². The fourth-order valence-corrected chi connectivity index (χ4v) is 2.33. The minimum atomic E-state index is 0.198. The van der Waals surface area contributed by atoms with E-state index in [2.05, 4.69) is 5.32 Å². The van der Waals surface area contributed by atoms with Crippen LogP contribution in [0.1, 0.15) is 18.0 Å². The van der Waals surface area contributed by atoms with Crippen molar-refractivity contribution in [3.63, 3.8) is 0 Å². The lowest BCUT2D eigenvalue weighted by molar-refractivity contribution is 0.243. The fourth-order valence-electron chi connectivity index (χ4n) is 2.33. The standard InChI is InChI=1S/C13H19NO4/c1-14-8-5-6-18-9-7-10(15-2)12(16-3)13(17-4)11(8)9/h7-8,14H,5-6H2,1-4H3. The summed E-state index contributed by atoms with van der Waals surface area (Å²) in [6.45, 7) is 0.678. The molecule has 0 aromatic heterocycles. The van der Waals surface area contributed by atoms with Gasteiger partial charge in [-0.15, -0.1) is 0 Å². The first-order chi connectivity index (χ1) is 8.76. The number of hydrogen-bond acceptors (Lipinski definition) is 5. The molecule has 0 aliphatic carbocycles. The monoisotopic (exact) mass is 253 g/mol. The van der Waals surface area contributed by atoms with Gasteiger partial charge in [0.1, 0.15) is 5.75 Å². The van der Waals surface area contributed by atoms with Crippen LogP contribution in [0.2, 0.25) is 0 Å². The Morgan fingerprint density at radius 3 is 2.44 bits per heavy atom. The quantitative estimate of drug-likeness (QED) is 0.886. The average Bonchev–Trinajstić information content (AvgIpc) is 2.43. The van der Waals surface area contributed by atoms with Crippen LogP contribution < -0.4 is 24.3 Å². The molecule has 0 bridgehead atoms. The lowest BCUT2D eigenvalue weighted by Crippen LogP contribution is -2.25. The number of fused-ring (bicyclic) bond motifs is 1. The predicted octanol–water partition coefficient (Wildman–Crippen LogP) is 1.76. The molecule has 0 radical (unpaired) electrons. The number of rotatable bonds is 4. The highest BCUT2D eigenvalue weighted by Gasteiger charge is 2.29. The van der Waals surface area contributed by atoms with Crippen molar-refractivity contribution in [1.29, 1.82) is 0 Å². The third kappa shape index (κ3) is 1.95. The Morgan fingerprint density at radius 2 is 1.89 bits per heavy atom. The van der Waals surface area contributed by atoms with Crippen molar-refractivity contribution in [1.82, 2.24) is 5.32 Å². The van der Waals surface area contributed by atoms with Crippen molar-refractivity contribution in [2.45, 2.75) is 12.5 Å². The predicted molar refractivity (Wildman–Crippen MR) is 68.0 cm³/mol. The van der Waals surface area contributed by atoms with Crippen molar-refractivity contribution in [3.8, 4) is 23.0 Å². The average molecular weight is 253 g/mol. The molecule has 1 atom stereocenters. The van der Waals surface area contributed by atoms with E-state index in [0.717, 1.165) is 17.7 Å². The summed E-state index contributed by atoms with van der Waals surface area (Å²) in [7, 11) is 6.75. The molecule has 1 unspecified atom stereocenters. The summed E-state index contributed by atoms with van der Waals surface area (Å²) in [6.07, 6.45) is 0.898. The highest BCUT2D eigenvalue weighted by Crippen LogP contribution is 2.49. The second-order valence-corrected chi connectivity index (χ2v) is 4.04. The summed E-state index contributed by atoms with van der Waals surface area (Å²) in [4.78, 5) is 0. The fraction of sp³-hybridized carbons (Fsp3) is 0.538. The normalized spacial score (nSPS) is 17.7. The maximum Gasteiger partial charge on any atom is 0.203 e. The molecule has 5 nitrogen and oxygen atoms in total. The number of methoxy groups -OCH3 is 3. The van der Waals surface area contributed by atoms with Crippen LogP contribution in [0.25, 0.3) is 0 Å². The molecule has 0 saturated heterocycles. The van der Waals surface area contributed by atoms with Crippen LogP contribution in [0, 0.1) is 0 Å². The van der Waals surface area contributed by atoms with Gasteiger partial charge in [0.2, 0.25) is 5.75 Å². The Hall–Kier alpha value is -1.62. The van der Waals surface area contributed by atoms with Gasteiger partial charge in [-0.25, -0.2) is 0 Å². The molecular formula is C13H19NO4. The van der Waals surface area contributed by atoms with Gasteiger partial charge < -0.3 is 24.3 Å². The highest BCUT2D eigenvalue weighted by molar-refractivity contribution is 5.63. The van der Waals surface area contributed by atoms with Crippen LogP contribution in [-0.4, -0.2) is 35.0 Å². The third-order valence-electron chi connectivity index (χ3n) is 3.19. The molecule has 2 rings (SSSR count). The Labute approximate surface area is 107 Å². The van der Waals surface area contributed by atoms with Crippen molar-refractivity contribution in [2.75, 3.05) is 35.0 Å². The minimum absolute atomic E-state index is 0.198. The molecule has 1 aromatic carbocycles. The van der Waals surface area contributed by atoms with Gasteiger partial charge in [-0.2, -0.15) is 0 Å². The molecule has 1 aliphatic rings. The minimum Gasteiger partial charge on any atom is -0.493 e. The molecule has 100 valence electrons. The lowest BCUT2D eigenvalue weighted by Gasteiger charge is -2.29. The van der Waals surface area contributed by atoms with E-state index in [4.69, 9.17) is 18.9 Å². The highest BCUT2D eigenvalue weighted by atomic mass is 16.5. The molecule has 1 aromatic rings. The van der Waals surface area contributed by atoms with E-state index in [1.807, 2.05) is 13.1 Å². The molecule has 0 spiro atoms. The first kappa shape index (κ1) is 12.8. The molecule has 0 saturated carbocycles. The molecule has 1 heterocycles. The Balaban J connectivity index is 2.63. The van der Waals surface area contributed by atoms with Crippen molar-refractivity contribution < 1.29 is 18.9 Å². The van der Waals surface area contributed by atoms with E-state index >= 15 is 0 Å². The SMILES string of the molecule is CNC1CCOc2cc(OC)c(OC)c(OC)c21. The van der Waals surface area contributed by atoms with Crippen LogP contribution in [0.3, 0.4) is 0 Å². The smallest absolute Gasteiger partial charge is 0.203 e. The van der Waals surface area contributed by atoms with Gasteiger partial charge in [0.15, 0.2) is 11.5 Å². The van der Waals surface area contributed by atoms with Gasteiger partial charge in [-0.1, -0.05) is 0 Å². The molecule has 0 fully saturated rings. The molecule has 0 amide bonds. The second-order valence-electron chi connectivity index (χ2n) is 4.04. The van der Waals surface area contributed by atoms with Crippen LogP contribution in [0.4, 0.5) is 0 Å². The van der Waals surface area contributed by atoms with Gasteiger partial charge in [0.05, 0.1) is 33.5 Å². The summed E-state index contributed by atoms with van der Waals surface area (Å²) in [5.41, 5.74) is 0.990. The van der Waals surface area contributed by atoms with Crippen molar-refractivity contribution in [2.24, 2.45) is 0 Å². The number of hydrogen-bond donors (Lipinski definition) is 1. The number of nitrogens with one attached hydrogen (secondary N) is 1. The van der Waals surface area contributed by atoms with Crippen LogP contribution in [-0.2, 0) is 0 Å². The second kappa shape index (κ2) is 5.35. The van der Waals surface area contributed by atoms with E-state index < -0.39 is 0 Å². The van der Waals surface area contributed by atoms with Crippen LogP contribution in [0.15, 0.2) is 6.07 Å². The largest absolute Gasteiger partial charge is 0.493 e. The molecule has 1 N–H and O–H groups in total. The van der Waals surface area contributed by atoms with Gasteiger partial charge in [0, 0.05) is 18.5 Å². The number of benzene rings is 1. The maximum atomic E-state index is 5.68. The first-order valence-electron chi connectivity index (χ1n) is 5.89. The Bertz CT molecular complexity index is 433.